The highest BCUT2D eigenvalue weighted by Crippen LogP contribution is 2.37. The van der Waals surface area contributed by atoms with Gasteiger partial charge in [-0.05, 0) is 57.0 Å². The van der Waals surface area contributed by atoms with E-state index in [9.17, 15) is 10.2 Å². The number of anilines is 1. The number of rotatable bonds is 8. The number of aliphatic hydroxyl groups is 2. The Morgan fingerprint density at radius 1 is 1.03 bits per heavy atom. The number of hydrogen-bond donors (Lipinski definition) is 3. The van der Waals surface area contributed by atoms with E-state index in [0.717, 1.165) is 42.5 Å². The first kappa shape index (κ1) is 25.5. The molecule has 38 heavy (non-hydrogen) atoms. The first-order chi connectivity index (χ1) is 18.2. The average molecular weight is 510 g/mol. The molecule has 0 radical (unpaired) electrons. The number of benzene rings is 1. The van der Waals surface area contributed by atoms with Gasteiger partial charge in [0.25, 0.3) is 0 Å². The predicted octanol–water partition coefficient (Wildman–Crippen LogP) is 3.77. The Balaban J connectivity index is 1.44. The van der Waals surface area contributed by atoms with Gasteiger partial charge in [0, 0.05) is 17.7 Å². The molecular weight excluding hydrogens is 478 g/mol. The number of pyridine rings is 1. The third-order valence-electron chi connectivity index (χ3n) is 6.57. The van der Waals surface area contributed by atoms with Gasteiger partial charge in [-0.25, -0.2) is 14.6 Å². The Kier molecular flexibility index (Phi) is 6.93. The fourth-order valence-corrected chi connectivity index (χ4v) is 4.57. The molecule has 1 aliphatic rings. The van der Waals surface area contributed by atoms with Crippen molar-refractivity contribution in [3.05, 3.63) is 71.7 Å². The lowest BCUT2D eigenvalue weighted by molar-refractivity contribution is 0.0397. The molecule has 0 saturated heterocycles. The molecule has 1 aromatic carbocycles. The van der Waals surface area contributed by atoms with Crippen LogP contribution in [0.25, 0.3) is 22.6 Å². The van der Waals surface area contributed by atoms with Gasteiger partial charge in [-0.15, -0.1) is 11.5 Å². The van der Waals surface area contributed by atoms with Gasteiger partial charge in [0.15, 0.2) is 0 Å². The fraction of sp³-hybridized carbons (Fsp3) is 0.345. The summed E-state index contributed by atoms with van der Waals surface area (Å²) in [7, 11) is 0. The van der Waals surface area contributed by atoms with Gasteiger partial charge in [-0.3, -0.25) is 4.98 Å². The van der Waals surface area contributed by atoms with Gasteiger partial charge in [0.1, 0.15) is 11.3 Å². The molecule has 0 bridgehead atoms. The average Bonchev–Trinajstić information content (AvgIpc) is 3.57. The molecule has 1 saturated carbocycles. The van der Waals surface area contributed by atoms with Crippen molar-refractivity contribution in [1.82, 2.24) is 29.9 Å². The Labute approximate surface area is 222 Å². The van der Waals surface area contributed by atoms with E-state index in [-0.39, 0.29) is 6.54 Å². The Morgan fingerprint density at radius 3 is 2.55 bits per heavy atom. The second-order valence-corrected chi connectivity index (χ2v) is 10.4. The molecule has 1 fully saturated rings. The van der Waals surface area contributed by atoms with Gasteiger partial charge in [0.05, 0.1) is 41.1 Å². The van der Waals surface area contributed by atoms with E-state index in [1.165, 1.54) is 0 Å². The summed E-state index contributed by atoms with van der Waals surface area (Å²) >= 11 is 0. The number of nitrogens with one attached hydrogen (secondary N) is 1. The maximum absolute atomic E-state index is 10.9. The van der Waals surface area contributed by atoms with E-state index in [1.807, 2.05) is 54.7 Å². The van der Waals surface area contributed by atoms with E-state index in [0.29, 0.717) is 35.3 Å². The Morgan fingerprint density at radius 2 is 1.79 bits per heavy atom. The second kappa shape index (κ2) is 10.3. The quantitative estimate of drug-likeness (QED) is 0.307. The molecule has 0 atom stereocenters. The monoisotopic (exact) mass is 509 g/mol. The van der Waals surface area contributed by atoms with Crippen LogP contribution in [0.2, 0.25) is 0 Å². The molecule has 0 amide bonds. The standard InChI is InChI=1S/C29H31N7O2/c1-4-20-9-7-10-21(15-20)23-16-24(33-27(32-23)30-19-28(2,3)37)25-18-36(35-34-25)17-22-11-8-12-26(31-22)29(38)13-5-6-14-29/h1,7-12,15-16,18,37-38H,5-6,13-14,17,19H2,2-3H3,(H,30,32,33). The van der Waals surface area contributed by atoms with Crippen LogP contribution in [0.5, 0.6) is 0 Å². The number of aromatic nitrogens is 6. The first-order valence-corrected chi connectivity index (χ1v) is 12.7. The van der Waals surface area contributed by atoms with Crippen LogP contribution < -0.4 is 5.32 Å². The predicted molar refractivity (Wildman–Crippen MR) is 145 cm³/mol. The normalized spacial score (nSPS) is 14.8. The summed E-state index contributed by atoms with van der Waals surface area (Å²) in [5.74, 6) is 3.01. The SMILES string of the molecule is C#Cc1cccc(-c2cc(-c3cn(Cc4cccc(C5(O)CCCC5)n4)nn3)nc(NCC(C)(C)O)n2)c1. The van der Waals surface area contributed by atoms with Crippen LogP contribution in [0, 0.1) is 12.3 Å². The highest BCUT2D eigenvalue weighted by molar-refractivity contribution is 5.68. The molecule has 0 aliphatic heterocycles. The molecule has 5 rings (SSSR count). The van der Waals surface area contributed by atoms with Gasteiger partial charge >= 0.3 is 0 Å². The molecule has 9 heteroatoms. The van der Waals surface area contributed by atoms with Crippen LogP contribution in [0.15, 0.2) is 54.7 Å². The third-order valence-corrected chi connectivity index (χ3v) is 6.57. The zero-order valence-corrected chi connectivity index (χ0v) is 21.6. The van der Waals surface area contributed by atoms with Crippen molar-refractivity contribution >= 4 is 5.95 Å². The summed E-state index contributed by atoms with van der Waals surface area (Å²) in [5.41, 5.74) is 3.12. The van der Waals surface area contributed by atoms with E-state index >= 15 is 0 Å². The van der Waals surface area contributed by atoms with Gasteiger partial charge < -0.3 is 15.5 Å². The van der Waals surface area contributed by atoms with E-state index in [2.05, 4.69) is 31.5 Å². The van der Waals surface area contributed by atoms with Crippen LogP contribution in [-0.2, 0) is 12.1 Å². The van der Waals surface area contributed by atoms with Crippen molar-refractivity contribution in [2.75, 3.05) is 11.9 Å². The summed E-state index contributed by atoms with van der Waals surface area (Å²) in [6.45, 7) is 4.09. The molecular formula is C29H31N7O2. The molecule has 0 spiro atoms. The molecule has 9 nitrogen and oxygen atoms in total. The smallest absolute Gasteiger partial charge is 0.223 e. The van der Waals surface area contributed by atoms with Crippen molar-refractivity contribution in [3.63, 3.8) is 0 Å². The lowest BCUT2D eigenvalue weighted by Crippen LogP contribution is -2.30. The van der Waals surface area contributed by atoms with E-state index in [4.69, 9.17) is 11.4 Å². The summed E-state index contributed by atoms with van der Waals surface area (Å²) in [4.78, 5) is 14.0. The van der Waals surface area contributed by atoms with E-state index in [1.54, 1.807) is 18.5 Å². The maximum atomic E-state index is 10.9. The molecule has 0 unspecified atom stereocenters. The summed E-state index contributed by atoms with van der Waals surface area (Å²) in [5, 5.41) is 32.9. The zero-order valence-electron chi connectivity index (χ0n) is 21.6. The van der Waals surface area contributed by atoms with Gasteiger partial charge in [-0.2, -0.15) is 0 Å². The minimum atomic E-state index is -0.945. The lowest BCUT2D eigenvalue weighted by Gasteiger charge is -2.21. The van der Waals surface area contributed by atoms with Crippen molar-refractivity contribution < 1.29 is 10.2 Å². The van der Waals surface area contributed by atoms with Crippen molar-refractivity contribution in [2.45, 2.75) is 57.3 Å². The lowest BCUT2D eigenvalue weighted by atomic mass is 9.97. The molecule has 194 valence electrons. The fourth-order valence-electron chi connectivity index (χ4n) is 4.57. The zero-order chi connectivity index (χ0) is 26.8. The topological polar surface area (TPSA) is 122 Å². The largest absolute Gasteiger partial charge is 0.389 e. The van der Waals surface area contributed by atoms with Crippen molar-refractivity contribution in [3.8, 4) is 35.0 Å². The molecule has 3 N–H and O–H groups in total. The van der Waals surface area contributed by atoms with Crippen LogP contribution in [0.1, 0.15) is 56.5 Å². The van der Waals surface area contributed by atoms with Crippen molar-refractivity contribution in [1.29, 1.82) is 0 Å². The first-order valence-electron chi connectivity index (χ1n) is 12.7. The van der Waals surface area contributed by atoms with E-state index < -0.39 is 11.2 Å². The molecule has 3 aromatic heterocycles. The number of nitrogens with zero attached hydrogens (tertiary/aromatic N) is 6. The Bertz CT molecular complexity index is 1480. The van der Waals surface area contributed by atoms with Gasteiger partial charge in [-0.1, -0.05) is 42.2 Å². The minimum Gasteiger partial charge on any atom is -0.389 e. The summed E-state index contributed by atoms with van der Waals surface area (Å²) in [6, 6.07) is 15.1. The third kappa shape index (κ3) is 5.88. The maximum Gasteiger partial charge on any atom is 0.223 e. The van der Waals surface area contributed by atoms with Gasteiger partial charge in [0.2, 0.25) is 5.95 Å². The number of hydrogen-bond acceptors (Lipinski definition) is 8. The summed E-state index contributed by atoms with van der Waals surface area (Å²) < 4.78 is 1.70. The summed E-state index contributed by atoms with van der Waals surface area (Å²) in [6.07, 6.45) is 10.9. The van der Waals surface area contributed by atoms with Crippen LogP contribution in [0.4, 0.5) is 5.95 Å². The molecule has 3 heterocycles. The highest BCUT2D eigenvalue weighted by atomic mass is 16.3. The van der Waals surface area contributed by atoms with Crippen LogP contribution in [0.3, 0.4) is 0 Å². The second-order valence-electron chi connectivity index (χ2n) is 10.4. The minimum absolute atomic E-state index is 0.265. The van der Waals surface area contributed by atoms with Crippen LogP contribution in [-0.4, -0.2) is 52.3 Å². The molecule has 4 aromatic rings. The van der Waals surface area contributed by atoms with Crippen LogP contribution >= 0.6 is 0 Å². The Hall–Kier alpha value is -4.13. The van der Waals surface area contributed by atoms with Crippen molar-refractivity contribution in [2.24, 2.45) is 0 Å². The number of terminal acetylenes is 1. The molecule has 1 aliphatic carbocycles. The highest BCUT2D eigenvalue weighted by Gasteiger charge is 2.34.